The van der Waals surface area contributed by atoms with E-state index in [1.807, 2.05) is 0 Å². The Morgan fingerprint density at radius 1 is 0.917 bits per heavy atom. The summed E-state index contributed by atoms with van der Waals surface area (Å²) < 4.78 is 0.339. The van der Waals surface area contributed by atoms with Gasteiger partial charge in [-0.25, -0.2) is 0 Å². The predicted octanol–water partition coefficient (Wildman–Crippen LogP) is 2.96. The van der Waals surface area contributed by atoms with Crippen LogP contribution >= 0.6 is 11.8 Å². The normalized spacial score (nSPS) is 32.2. The summed E-state index contributed by atoms with van der Waals surface area (Å²) in [5.74, 6) is 0. The maximum Gasteiger partial charge on any atom is 0.0621 e. The van der Waals surface area contributed by atoms with Gasteiger partial charge in [0.1, 0.15) is 0 Å². The lowest BCUT2D eigenvalue weighted by Crippen LogP contribution is -2.51. The molecule has 0 unspecified atom stereocenters. The maximum atomic E-state index is 2.48. The summed E-state index contributed by atoms with van der Waals surface area (Å²) in [7, 11) is 2.22. The fraction of sp³-hybridized carbons (Fsp3) is 1.00. The lowest BCUT2D eigenvalue weighted by molar-refractivity contribution is 0.101. The first kappa shape index (κ1) is 10.4. The van der Waals surface area contributed by atoms with Crippen LogP contribution in [0.4, 0.5) is 0 Å². The van der Waals surface area contributed by atoms with E-state index in [2.05, 4.69) is 65.3 Å². The summed E-state index contributed by atoms with van der Waals surface area (Å²) in [6, 6.07) is 0. The number of nitrogens with zero attached hydrogens (tertiary/aromatic N) is 1. The van der Waals surface area contributed by atoms with E-state index in [4.69, 9.17) is 0 Å². The van der Waals surface area contributed by atoms with E-state index in [1.54, 1.807) is 0 Å². The molecular formula is C10H21NS. The van der Waals surface area contributed by atoms with Crippen LogP contribution in [-0.4, -0.2) is 27.1 Å². The maximum absolute atomic E-state index is 2.48. The Morgan fingerprint density at radius 3 is 1.42 bits per heavy atom. The van der Waals surface area contributed by atoms with E-state index in [-0.39, 0.29) is 10.4 Å². The van der Waals surface area contributed by atoms with Crippen LogP contribution < -0.4 is 0 Å². The van der Waals surface area contributed by atoms with Crippen molar-refractivity contribution in [3.05, 3.63) is 0 Å². The smallest absolute Gasteiger partial charge is 0.0621 e. The highest BCUT2D eigenvalue weighted by molar-refractivity contribution is 8.02. The van der Waals surface area contributed by atoms with E-state index < -0.39 is 0 Å². The molecule has 0 bridgehead atoms. The zero-order valence-electron chi connectivity index (χ0n) is 9.36. The van der Waals surface area contributed by atoms with Gasteiger partial charge in [-0.05, 0) is 48.6 Å². The van der Waals surface area contributed by atoms with Crippen molar-refractivity contribution in [2.75, 3.05) is 7.05 Å². The van der Waals surface area contributed by atoms with E-state index in [9.17, 15) is 0 Å². The molecule has 1 nitrogen and oxygen atoms in total. The quantitative estimate of drug-likeness (QED) is 0.573. The third kappa shape index (κ3) is 1.20. The molecule has 12 heavy (non-hydrogen) atoms. The molecule has 1 fully saturated rings. The number of thioether (sulfide) groups is 1. The van der Waals surface area contributed by atoms with Crippen molar-refractivity contribution in [1.29, 1.82) is 0 Å². The van der Waals surface area contributed by atoms with Gasteiger partial charge in [-0.1, -0.05) is 0 Å². The Bertz CT molecular complexity index is 194. The zero-order valence-corrected chi connectivity index (χ0v) is 10.2. The summed E-state index contributed by atoms with van der Waals surface area (Å²) in [5, 5.41) is 0. The van der Waals surface area contributed by atoms with Crippen LogP contribution in [0.3, 0.4) is 0 Å². The van der Waals surface area contributed by atoms with Gasteiger partial charge in [0.05, 0.1) is 4.87 Å². The van der Waals surface area contributed by atoms with Crippen LogP contribution in [-0.2, 0) is 0 Å². The van der Waals surface area contributed by atoms with Crippen LogP contribution in [0.15, 0.2) is 0 Å². The molecule has 0 spiro atoms. The van der Waals surface area contributed by atoms with Crippen molar-refractivity contribution < 1.29 is 0 Å². The Morgan fingerprint density at radius 2 is 1.33 bits per heavy atom. The van der Waals surface area contributed by atoms with Crippen LogP contribution in [0, 0.1) is 0 Å². The van der Waals surface area contributed by atoms with E-state index >= 15 is 0 Å². The summed E-state index contributed by atoms with van der Waals surface area (Å²) in [4.78, 5) is 2.75. The van der Waals surface area contributed by atoms with E-state index in [0.29, 0.717) is 4.75 Å². The topological polar surface area (TPSA) is 3.24 Å². The molecule has 0 aromatic heterocycles. The van der Waals surface area contributed by atoms with Crippen molar-refractivity contribution in [2.24, 2.45) is 0 Å². The highest BCUT2D eigenvalue weighted by Crippen LogP contribution is 2.55. The van der Waals surface area contributed by atoms with Crippen molar-refractivity contribution in [1.82, 2.24) is 4.90 Å². The Hall–Kier alpha value is 0.310. The van der Waals surface area contributed by atoms with Gasteiger partial charge < -0.3 is 0 Å². The SMILES string of the molecule is CN1C(C)(C)SC(C)(C)C1(C)C. The molecule has 0 radical (unpaired) electrons. The number of rotatable bonds is 0. The molecule has 0 aromatic carbocycles. The minimum Gasteiger partial charge on any atom is -0.286 e. The molecule has 1 saturated heterocycles. The van der Waals surface area contributed by atoms with Gasteiger partial charge in [0.25, 0.3) is 0 Å². The largest absolute Gasteiger partial charge is 0.286 e. The molecular weight excluding hydrogens is 166 g/mol. The fourth-order valence-corrected chi connectivity index (χ4v) is 3.90. The van der Waals surface area contributed by atoms with Crippen molar-refractivity contribution >= 4 is 11.8 Å². The first-order valence-electron chi connectivity index (χ1n) is 4.55. The molecule has 0 amide bonds. The third-order valence-corrected chi connectivity index (χ3v) is 5.41. The summed E-state index contributed by atoms with van der Waals surface area (Å²) in [6.07, 6.45) is 0. The molecule has 1 aliphatic rings. The molecule has 2 heteroatoms. The van der Waals surface area contributed by atoms with Crippen molar-refractivity contribution in [2.45, 2.75) is 56.7 Å². The molecule has 0 aromatic rings. The van der Waals surface area contributed by atoms with Gasteiger partial charge in [-0.2, -0.15) is 0 Å². The predicted molar refractivity (Wildman–Crippen MR) is 57.6 cm³/mol. The average molecular weight is 187 g/mol. The molecule has 1 rings (SSSR count). The lowest BCUT2D eigenvalue weighted by atomic mass is 9.88. The minimum atomic E-state index is 0.271. The van der Waals surface area contributed by atoms with Gasteiger partial charge in [-0.3, -0.25) is 4.90 Å². The standard InChI is InChI=1S/C10H21NS/c1-8(2)9(3,4)12-10(5,6)11(8)7/h1-7H3. The van der Waals surface area contributed by atoms with Crippen LogP contribution in [0.5, 0.6) is 0 Å². The van der Waals surface area contributed by atoms with E-state index in [1.165, 1.54) is 0 Å². The Balaban J connectivity index is 3.05. The van der Waals surface area contributed by atoms with Crippen molar-refractivity contribution in [3.8, 4) is 0 Å². The summed E-state index contributed by atoms with van der Waals surface area (Å²) in [5.41, 5.74) is 0.279. The second kappa shape index (κ2) is 2.42. The van der Waals surface area contributed by atoms with Gasteiger partial charge in [-0.15, -0.1) is 11.8 Å². The first-order chi connectivity index (χ1) is 5.11. The van der Waals surface area contributed by atoms with Gasteiger partial charge >= 0.3 is 0 Å². The van der Waals surface area contributed by atoms with Gasteiger partial charge in [0.15, 0.2) is 0 Å². The molecule has 1 aliphatic heterocycles. The number of hydrogen-bond donors (Lipinski definition) is 0. The second-order valence-electron chi connectivity index (χ2n) is 5.18. The summed E-state index contributed by atoms with van der Waals surface area (Å²) in [6.45, 7) is 13.9. The molecule has 0 N–H and O–H groups in total. The highest BCUT2D eigenvalue weighted by atomic mass is 32.2. The van der Waals surface area contributed by atoms with Crippen LogP contribution in [0.25, 0.3) is 0 Å². The monoisotopic (exact) mass is 187 g/mol. The highest BCUT2D eigenvalue weighted by Gasteiger charge is 2.54. The van der Waals surface area contributed by atoms with Crippen LogP contribution in [0.2, 0.25) is 0 Å². The van der Waals surface area contributed by atoms with E-state index in [0.717, 1.165) is 0 Å². The second-order valence-corrected chi connectivity index (χ2v) is 7.40. The minimum absolute atomic E-state index is 0.271. The molecule has 0 saturated carbocycles. The Kier molecular flexibility index (Phi) is 2.09. The van der Waals surface area contributed by atoms with Gasteiger partial charge in [0, 0.05) is 10.3 Å². The number of hydrogen-bond acceptors (Lipinski definition) is 2. The van der Waals surface area contributed by atoms with Crippen LogP contribution in [0.1, 0.15) is 41.5 Å². The zero-order chi connectivity index (χ0) is 9.78. The Labute approximate surface area is 80.9 Å². The lowest BCUT2D eigenvalue weighted by Gasteiger charge is -2.39. The summed E-state index contributed by atoms with van der Waals surface area (Å²) >= 11 is 2.07. The third-order valence-electron chi connectivity index (χ3n) is 3.62. The molecule has 1 heterocycles. The van der Waals surface area contributed by atoms with Gasteiger partial charge in [0.2, 0.25) is 0 Å². The van der Waals surface area contributed by atoms with Crippen molar-refractivity contribution in [3.63, 3.8) is 0 Å². The average Bonchev–Trinajstić information content (AvgIpc) is 1.90. The molecule has 0 aliphatic carbocycles. The molecule has 0 atom stereocenters. The molecule has 72 valence electrons. The fourth-order valence-electron chi connectivity index (χ4n) is 1.89. The first-order valence-corrected chi connectivity index (χ1v) is 5.37.